The Morgan fingerprint density at radius 2 is 1.88 bits per heavy atom. The average Bonchev–Trinajstić information content (AvgIpc) is 2.27. The zero-order valence-electron chi connectivity index (χ0n) is 9.63. The van der Waals surface area contributed by atoms with Crippen LogP contribution in [0.4, 0.5) is 0 Å². The van der Waals surface area contributed by atoms with Crippen LogP contribution in [-0.4, -0.2) is 33.7 Å². The Kier molecular flexibility index (Phi) is 4.73. The van der Waals surface area contributed by atoms with Crippen LogP contribution in [0.5, 0.6) is 11.5 Å². The maximum atomic E-state index is 10.4. The quantitative estimate of drug-likeness (QED) is 0.734. The molecule has 0 saturated carbocycles. The fourth-order valence-corrected chi connectivity index (χ4v) is 1.72. The van der Waals surface area contributed by atoms with E-state index in [4.69, 9.17) is 14.0 Å². The van der Waals surface area contributed by atoms with Crippen LogP contribution in [0.15, 0.2) is 18.2 Å². The van der Waals surface area contributed by atoms with Gasteiger partial charge in [-0.05, 0) is 24.1 Å². The molecule has 17 heavy (non-hydrogen) atoms. The second-order valence-electron chi connectivity index (χ2n) is 3.31. The molecular weight excluding hydrogens is 246 g/mol. The van der Waals surface area contributed by atoms with Crippen LogP contribution < -0.4 is 14.2 Å². The Hall–Kier alpha value is -1.31. The Morgan fingerprint density at radius 1 is 1.24 bits per heavy atom. The highest BCUT2D eigenvalue weighted by molar-refractivity contribution is 7.83. The van der Waals surface area contributed by atoms with Gasteiger partial charge in [0.05, 0.1) is 14.2 Å². The van der Waals surface area contributed by atoms with E-state index >= 15 is 0 Å². The second kappa shape index (κ2) is 5.85. The summed E-state index contributed by atoms with van der Waals surface area (Å²) in [6, 6.07) is 5.29. The van der Waals surface area contributed by atoms with Crippen molar-refractivity contribution in [2.24, 2.45) is 0 Å². The van der Waals surface area contributed by atoms with Gasteiger partial charge in [0.15, 0.2) is 11.5 Å². The third kappa shape index (κ3) is 4.59. The van der Waals surface area contributed by atoms with Crippen molar-refractivity contribution in [2.75, 3.05) is 20.8 Å². The summed E-state index contributed by atoms with van der Waals surface area (Å²) in [5.41, 5.74) is 0.874. The lowest BCUT2D eigenvalue weighted by atomic mass is 10.1. The first-order valence-corrected chi connectivity index (χ1v) is 6.33. The number of methoxy groups -OCH3 is 2. The molecule has 0 fully saturated rings. The van der Waals surface area contributed by atoms with Crippen LogP contribution >= 0.6 is 0 Å². The predicted molar refractivity (Wildman–Crippen MR) is 62.8 cm³/mol. The minimum absolute atomic E-state index is 0.119. The number of ether oxygens (including phenoxy) is 2. The van der Waals surface area contributed by atoms with Crippen LogP contribution in [0.1, 0.15) is 5.56 Å². The molecule has 0 aliphatic heterocycles. The molecule has 0 bridgehead atoms. The van der Waals surface area contributed by atoms with Gasteiger partial charge in [-0.2, -0.15) is 13.1 Å². The molecule has 1 aromatic rings. The van der Waals surface area contributed by atoms with E-state index in [0.29, 0.717) is 17.9 Å². The summed E-state index contributed by atoms with van der Waals surface area (Å²) < 4.78 is 41.6. The summed E-state index contributed by atoms with van der Waals surface area (Å²) in [6.07, 6.45) is 0.445. The smallest absolute Gasteiger partial charge is 0.333 e. The first-order chi connectivity index (χ1) is 7.96. The van der Waals surface area contributed by atoms with Gasteiger partial charge in [0.2, 0.25) is 0 Å². The molecule has 6 nitrogen and oxygen atoms in total. The molecule has 0 amide bonds. The van der Waals surface area contributed by atoms with Crippen molar-refractivity contribution in [3.05, 3.63) is 23.8 Å². The number of hydrogen-bond donors (Lipinski definition) is 2. The largest absolute Gasteiger partial charge is 0.493 e. The van der Waals surface area contributed by atoms with Crippen LogP contribution in [0.2, 0.25) is 0 Å². The third-order valence-electron chi connectivity index (χ3n) is 2.15. The lowest BCUT2D eigenvalue weighted by Crippen LogP contribution is -2.24. The van der Waals surface area contributed by atoms with Gasteiger partial charge in [-0.1, -0.05) is 6.07 Å². The Morgan fingerprint density at radius 3 is 2.41 bits per heavy atom. The van der Waals surface area contributed by atoms with Gasteiger partial charge in [-0.25, -0.2) is 0 Å². The van der Waals surface area contributed by atoms with Crippen molar-refractivity contribution in [3.63, 3.8) is 0 Å². The van der Waals surface area contributed by atoms with E-state index in [-0.39, 0.29) is 6.54 Å². The summed E-state index contributed by atoms with van der Waals surface area (Å²) >= 11 is 0. The number of nitrogens with one attached hydrogen (secondary N) is 1. The third-order valence-corrected chi connectivity index (χ3v) is 2.72. The maximum absolute atomic E-state index is 10.4. The van der Waals surface area contributed by atoms with Crippen molar-refractivity contribution in [1.29, 1.82) is 0 Å². The molecule has 0 aliphatic rings. The molecule has 0 unspecified atom stereocenters. The van der Waals surface area contributed by atoms with Gasteiger partial charge >= 0.3 is 10.3 Å². The number of benzene rings is 1. The van der Waals surface area contributed by atoms with Gasteiger partial charge in [0, 0.05) is 6.54 Å². The summed E-state index contributed by atoms with van der Waals surface area (Å²) in [5.74, 6) is 1.19. The standard InChI is InChI=1S/C10H15NO5S/c1-15-9-4-3-8(7-10(9)16-2)5-6-11-17(12,13)14/h3-4,7,11H,5-6H2,1-2H3,(H,12,13,14). The predicted octanol–water partition coefficient (Wildman–Crippen LogP) is 0.639. The Labute approximate surface area is 100 Å². The van der Waals surface area contributed by atoms with E-state index in [0.717, 1.165) is 5.56 Å². The zero-order valence-corrected chi connectivity index (χ0v) is 10.5. The molecule has 0 saturated heterocycles. The molecule has 0 atom stereocenters. The van der Waals surface area contributed by atoms with Crippen molar-refractivity contribution >= 4 is 10.3 Å². The van der Waals surface area contributed by atoms with E-state index in [1.165, 1.54) is 14.2 Å². The van der Waals surface area contributed by atoms with Gasteiger partial charge in [-0.15, -0.1) is 0 Å². The molecule has 96 valence electrons. The number of rotatable bonds is 6. The summed E-state index contributed by atoms with van der Waals surface area (Å²) in [5, 5.41) is 0. The van der Waals surface area contributed by atoms with E-state index < -0.39 is 10.3 Å². The first-order valence-electron chi connectivity index (χ1n) is 4.89. The van der Waals surface area contributed by atoms with Crippen LogP contribution in [0, 0.1) is 0 Å². The highest BCUT2D eigenvalue weighted by Crippen LogP contribution is 2.27. The van der Waals surface area contributed by atoms with Gasteiger partial charge in [-0.3, -0.25) is 4.55 Å². The average molecular weight is 261 g/mol. The lowest BCUT2D eigenvalue weighted by Gasteiger charge is -2.09. The van der Waals surface area contributed by atoms with Crippen molar-refractivity contribution in [3.8, 4) is 11.5 Å². The molecule has 1 rings (SSSR count). The van der Waals surface area contributed by atoms with Crippen LogP contribution in [0.25, 0.3) is 0 Å². The molecule has 1 aromatic carbocycles. The van der Waals surface area contributed by atoms with Gasteiger partial charge in [0.1, 0.15) is 0 Å². The molecule has 0 radical (unpaired) electrons. The maximum Gasteiger partial charge on any atom is 0.333 e. The van der Waals surface area contributed by atoms with Gasteiger partial charge in [0.25, 0.3) is 0 Å². The highest BCUT2D eigenvalue weighted by Gasteiger charge is 2.06. The lowest BCUT2D eigenvalue weighted by molar-refractivity contribution is 0.354. The van der Waals surface area contributed by atoms with Crippen LogP contribution in [0.3, 0.4) is 0 Å². The van der Waals surface area contributed by atoms with Crippen molar-refractivity contribution < 1.29 is 22.4 Å². The minimum atomic E-state index is -4.13. The highest BCUT2D eigenvalue weighted by atomic mass is 32.2. The molecule has 2 N–H and O–H groups in total. The van der Waals surface area contributed by atoms with E-state index in [1.807, 2.05) is 4.72 Å². The summed E-state index contributed by atoms with van der Waals surface area (Å²) in [6.45, 7) is 0.119. The molecule has 7 heteroatoms. The molecule has 0 spiro atoms. The SMILES string of the molecule is COc1ccc(CCNS(=O)(=O)O)cc1OC. The van der Waals surface area contributed by atoms with E-state index in [1.54, 1.807) is 18.2 Å². The topological polar surface area (TPSA) is 84.9 Å². The minimum Gasteiger partial charge on any atom is -0.493 e. The normalized spacial score (nSPS) is 11.2. The van der Waals surface area contributed by atoms with Gasteiger partial charge < -0.3 is 9.47 Å². The van der Waals surface area contributed by atoms with Crippen LogP contribution in [-0.2, 0) is 16.7 Å². The zero-order chi connectivity index (χ0) is 12.9. The fraction of sp³-hybridized carbons (Fsp3) is 0.400. The first kappa shape index (κ1) is 13.8. The van der Waals surface area contributed by atoms with E-state index in [2.05, 4.69) is 0 Å². The van der Waals surface area contributed by atoms with Crippen molar-refractivity contribution in [1.82, 2.24) is 4.72 Å². The van der Waals surface area contributed by atoms with E-state index in [9.17, 15) is 8.42 Å². The van der Waals surface area contributed by atoms with Crippen molar-refractivity contribution in [2.45, 2.75) is 6.42 Å². The Balaban J connectivity index is 2.66. The molecular formula is C10H15NO5S. The summed E-state index contributed by atoms with van der Waals surface area (Å²) in [4.78, 5) is 0. The summed E-state index contributed by atoms with van der Waals surface area (Å²) in [7, 11) is -1.06. The molecule has 0 aromatic heterocycles. The fourth-order valence-electron chi connectivity index (χ4n) is 1.36. The monoisotopic (exact) mass is 261 g/mol. The molecule has 0 aliphatic carbocycles. The Bertz CT molecular complexity index is 472. The second-order valence-corrected chi connectivity index (χ2v) is 4.55. The number of hydrogen-bond acceptors (Lipinski definition) is 4. The molecule has 0 heterocycles.